The summed E-state index contributed by atoms with van der Waals surface area (Å²) in [5, 5.41) is 3.14. The van der Waals surface area contributed by atoms with E-state index >= 15 is 0 Å². The van der Waals surface area contributed by atoms with Crippen molar-refractivity contribution in [3.63, 3.8) is 0 Å². The van der Waals surface area contributed by atoms with Crippen molar-refractivity contribution in [3.05, 3.63) is 29.3 Å². The van der Waals surface area contributed by atoms with Crippen molar-refractivity contribution in [3.8, 4) is 17.4 Å². The standard InChI is InChI=1S/C13H13N5O3/c1-20-10-3-8(15-6-16-10)12-17-9-5-14-4-7(9)11(18-12)13(19)21-2/h3,6,14H,4-5H2,1-2H3. The predicted octanol–water partition coefficient (Wildman–Crippen LogP) is 0.332. The molecule has 0 aliphatic carbocycles. The van der Waals surface area contributed by atoms with Gasteiger partial charge in [-0.25, -0.2) is 24.7 Å². The lowest BCUT2D eigenvalue weighted by Crippen LogP contribution is -2.12. The maximum absolute atomic E-state index is 11.9. The first-order chi connectivity index (χ1) is 10.2. The van der Waals surface area contributed by atoms with Gasteiger partial charge in [0, 0.05) is 24.7 Å². The topological polar surface area (TPSA) is 99.1 Å². The highest BCUT2D eigenvalue weighted by Gasteiger charge is 2.24. The number of fused-ring (bicyclic) bond motifs is 1. The Kier molecular flexibility index (Phi) is 3.44. The number of carbonyl (C=O) groups is 1. The molecule has 0 bridgehead atoms. The van der Waals surface area contributed by atoms with Crippen LogP contribution in [0.2, 0.25) is 0 Å². The predicted molar refractivity (Wildman–Crippen MR) is 71.5 cm³/mol. The number of esters is 1. The first kappa shape index (κ1) is 13.4. The first-order valence-corrected chi connectivity index (χ1v) is 6.28. The molecule has 0 saturated carbocycles. The van der Waals surface area contributed by atoms with E-state index in [1.165, 1.54) is 20.5 Å². The number of nitrogens with zero attached hydrogens (tertiary/aromatic N) is 4. The van der Waals surface area contributed by atoms with E-state index in [9.17, 15) is 4.79 Å². The third kappa shape index (κ3) is 2.40. The van der Waals surface area contributed by atoms with Gasteiger partial charge < -0.3 is 14.8 Å². The smallest absolute Gasteiger partial charge is 0.357 e. The van der Waals surface area contributed by atoms with Crippen LogP contribution in [0.25, 0.3) is 11.5 Å². The SMILES string of the molecule is COC(=O)c1nc(-c2cc(OC)ncn2)nc2c1CNC2. The fourth-order valence-corrected chi connectivity index (χ4v) is 2.12. The average Bonchev–Trinajstić information content (AvgIpc) is 3.01. The van der Waals surface area contributed by atoms with Gasteiger partial charge in [-0.05, 0) is 0 Å². The molecule has 3 heterocycles. The van der Waals surface area contributed by atoms with Gasteiger partial charge in [-0.3, -0.25) is 0 Å². The molecule has 0 unspecified atom stereocenters. The maximum Gasteiger partial charge on any atom is 0.357 e. The summed E-state index contributed by atoms with van der Waals surface area (Å²) in [5.41, 5.74) is 2.30. The van der Waals surface area contributed by atoms with Crippen LogP contribution in [0.1, 0.15) is 21.7 Å². The molecular formula is C13H13N5O3. The second kappa shape index (κ2) is 5.41. The zero-order valence-electron chi connectivity index (χ0n) is 11.6. The largest absolute Gasteiger partial charge is 0.481 e. The minimum absolute atomic E-state index is 0.264. The van der Waals surface area contributed by atoms with E-state index in [2.05, 4.69) is 25.3 Å². The van der Waals surface area contributed by atoms with E-state index < -0.39 is 5.97 Å². The molecule has 8 heteroatoms. The lowest BCUT2D eigenvalue weighted by Gasteiger charge is -2.08. The molecule has 21 heavy (non-hydrogen) atoms. The number of hydrogen-bond donors (Lipinski definition) is 1. The summed E-state index contributed by atoms with van der Waals surface area (Å²) >= 11 is 0. The van der Waals surface area contributed by atoms with Crippen molar-refractivity contribution in [2.75, 3.05) is 14.2 Å². The molecule has 8 nitrogen and oxygen atoms in total. The Labute approximate surface area is 120 Å². The molecule has 0 fully saturated rings. The normalized spacial score (nSPS) is 12.9. The van der Waals surface area contributed by atoms with Crippen LogP contribution in [0.4, 0.5) is 0 Å². The lowest BCUT2D eigenvalue weighted by molar-refractivity contribution is 0.0592. The molecule has 2 aromatic rings. The molecule has 0 atom stereocenters. The summed E-state index contributed by atoms with van der Waals surface area (Å²) in [6.07, 6.45) is 1.36. The van der Waals surface area contributed by atoms with Gasteiger partial charge in [0.25, 0.3) is 0 Å². The molecule has 3 rings (SSSR count). The first-order valence-electron chi connectivity index (χ1n) is 6.28. The number of carbonyl (C=O) groups excluding carboxylic acids is 1. The number of aromatic nitrogens is 4. The average molecular weight is 287 g/mol. The van der Waals surface area contributed by atoms with E-state index in [4.69, 9.17) is 9.47 Å². The van der Waals surface area contributed by atoms with E-state index in [-0.39, 0.29) is 5.69 Å². The monoisotopic (exact) mass is 287 g/mol. The Bertz CT molecular complexity index is 704. The fourth-order valence-electron chi connectivity index (χ4n) is 2.12. The van der Waals surface area contributed by atoms with Crippen molar-refractivity contribution in [1.82, 2.24) is 25.3 Å². The van der Waals surface area contributed by atoms with Gasteiger partial charge in [-0.1, -0.05) is 0 Å². The van der Waals surface area contributed by atoms with Crippen LogP contribution in [-0.4, -0.2) is 40.1 Å². The summed E-state index contributed by atoms with van der Waals surface area (Å²) in [5.74, 6) is 0.264. The van der Waals surface area contributed by atoms with Gasteiger partial charge in [0.2, 0.25) is 5.88 Å². The number of hydrogen-bond acceptors (Lipinski definition) is 8. The number of nitrogens with one attached hydrogen (secondary N) is 1. The second-order valence-electron chi connectivity index (χ2n) is 4.36. The molecular weight excluding hydrogens is 274 g/mol. The van der Waals surface area contributed by atoms with Gasteiger partial charge in [-0.15, -0.1) is 0 Å². The Morgan fingerprint density at radius 3 is 2.86 bits per heavy atom. The Morgan fingerprint density at radius 1 is 1.24 bits per heavy atom. The van der Waals surface area contributed by atoms with Crippen LogP contribution in [0.5, 0.6) is 5.88 Å². The van der Waals surface area contributed by atoms with Crippen LogP contribution < -0.4 is 10.1 Å². The van der Waals surface area contributed by atoms with Crippen molar-refractivity contribution < 1.29 is 14.3 Å². The number of ether oxygens (including phenoxy) is 2. The molecule has 108 valence electrons. The molecule has 0 amide bonds. The molecule has 0 spiro atoms. The Balaban J connectivity index is 2.13. The maximum atomic E-state index is 11.9. The third-order valence-electron chi connectivity index (χ3n) is 3.15. The van der Waals surface area contributed by atoms with Gasteiger partial charge in [0.05, 0.1) is 19.9 Å². The van der Waals surface area contributed by atoms with Gasteiger partial charge in [-0.2, -0.15) is 0 Å². The minimum Gasteiger partial charge on any atom is -0.481 e. The van der Waals surface area contributed by atoms with Crippen LogP contribution >= 0.6 is 0 Å². The van der Waals surface area contributed by atoms with E-state index in [1.54, 1.807) is 6.07 Å². The highest BCUT2D eigenvalue weighted by Crippen LogP contribution is 2.23. The zero-order chi connectivity index (χ0) is 14.8. The van der Waals surface area contributed by atoms with Crippen LogP contribution in [-0.2, 0) is 17.8 Å². The van der Waals surface area contributed by atoms with E-state index in [1.807, 2.05) is 0 Å². The van der Waals surface area contributed by atoms with E-state index in [0.717, 1.165) is 11.3 Å². The van der Waals surface area contributed by atoms with Crippen molar-refractivity contribution >= 4 is 5.97 Å². The second-order valence-corrected chi connectivity index (χ2v) is 4.36. The summed E-state index contributed by atoms with van der Waals surface area (Å²) in [4.78, 5) is 28.7. The third-order valence-corrected chi connectivity index (χ3v) is 3.15. The summed E-state index contributed by atoms with van der Waals surface area (Å²) < 4.78 is 9.84. The molecule has 1 aliphatic heterocycles. The minimum atomic E-state index is -0.486. The van der Waals surface area contributed by atoms with E-state index in [0.29, 0.717) is 30.5 Å². The molecule has 1 aliphatic rings. The van der Waals surface area contributed by atoms with Gasteiger partial charge >= 0.3 is 5.97 Å². The molecule has 1 N–H and O–H groups in total. The highest BCUT2D eigenvalue weighted by atomic mass is 16.5. The van der Waals surface area contributed by atoms with Crippen LogP contribution in [0, 0.1) is 0 Å². The molecule has 0 aromatic carbocycles. The Hall–Kier alpha value is -2.61. The summed E-state index contributed by atoms with van der Waals surface area (Å²) in [6, 6.07) is 1.62. The van der Waals surface area contributed by atoms with Gasteiger partial charge in [0.1, 0.15) is 12.0 Å². The number of methoxy groups -OCH3 is 2. The lowest BCUT2D eigenvalue weighted by atomic mass is 10.2. The fraction of sp³-hybridized carbons (Fsp3) is 0.308. The van der Waals surface area contributed by atoms with Crippen LogP contribution in [0.3, 0.4) is 0 Å². The number of rotatable bonds is 3. The van der Waals surface area contributed by atoms with Crippen molar-refractivity contribution in [2.24, 2.45) is 0 Å². The molecule has 2 aromatic heterocycles. The van der Waals surface area contributed by atoms with Gasteiger partial charge in [0.15, 0.2) is 11.5 Å². The summed E-state index contributed by atoms with van der Waals surface area (Å²) in [7, 11) is 2.84. The quantitative estimate of drug-likeness (QED) is 0.806. The van der Waals surface area contributed by atoms with Crippen molar-refractivity contribution in [1.29, 1.82) is 0 Å². The summed E-state index contributed by atoms with van der Waals surface area (Å²) in [6.45, 7) is 1.13. The Morgan fingerprint density at radius 2 is 2.10 bits per heavy atom. The highest BCUT2D eigenvalue weighted by molar-refractivity contribution is 5.89. The zero-order valence-corrected chi connectivity index (χ0v) is 11.6. The molecule has 0 radical (unpaired) electrons. The van der Waals surface area contributed by atoms with Crippen LogP contribution in [0.15, 0.2) is 12.4 Å². The molecule has 0 saturated heterocycles. The van der Waals surface area contributed by atoms with Crippen molar-refractivity contribution in [2.45, 2.75) is 13.1 Å².